The molecule has 4 aliphatic carbocycles. The van der Waals surface area contributed by atoms with E-state index >= 15 is 0 Å². The van der Waals surface area contributed by atoms with Crippen LogP contribution in [0.4, 0.5) is 0 Å². The Kier molecular flexibility index (Phi) is 6.38. The number of rotatable bonds is 5. The van der Waals surface area contributed by atoms with Crippen molar-refractivity contribution in [2.45, 2.75) is 112 Å². The monoisotopic (exact) mass is 470 g/mol. The molecule has 0 radical (unpaired) electrons. The minimum absolute atomic E-state index is 0.0193. The summed E-state index contributed by atoms with van der Waals surface area (Å²) in [5.41, 5.74) is 0.298. The number of aldehydes is 1. The summed E-state index contributed by atoms with van der Waals surface area (Å²) in [5, 5.41) is 21.8. The topological polar surface area (TPSA) is 57.5 Å². The van der Waals surface area contributed by atoms with Gasteiger partial charge in [0, 0.05) is 11.3 Å². The van der Waals surface area contributed by atoms with Gasteiger partial charge in [-0.2, -0.15) is 0 Å². The van der Waals surface area contributed by atoms with Crippen molar-refractivity contribution in [1.82, 2.24) is 0 Å². The van der Waals surface area contributed by atoms with Crippen LogP contribution in [0.15, 0.2) is 23.8 Å². The van der Waals surface area contributed by atoms with E-state index in [1.54, 1.807) is 0 Å². The Morgan fingerprint density at radius 2 is 1.79 bits per heavy atom. The van der Waals surface area contributed by atoms with Gasteiger partial charge in [0.2, 0.25) is 0 Å². The second-order valence-corrected chi connectivity index (χ2v) is 14.3. The van der Waals surface area contributed by atoms with Crippen molar-refractivity contribution in [2.24, 2.45) is 51.2 Å². The van der Waals surface area contributed by atoms with Gasteiger partial charge >= 0.3 is 0 Å². The highest BCUT2D eigenvalue weighted by molar-refractivity contribution is 5.64. The Labute approximate surface area is 208 Å². The number of carbonyl (C=O) groups is 1. The summed E-state index contributed by atoms with van der Waals surface area (Å²) in [5.74, 6) is 1.90. The van der Waals surface area contributed by atoms with Gasteiger partial charge in [-0.3, -0.25) is 0 Å². The minimum Gasteiger partial charge on any atom is -0.389 e. The largest absolute Gasteiger partial charge is 0.389 e. The number of fused-ring (bicyclic) bond motifs is 5. The van der Waals surface area contributed by atoms with Gasteiger partial charge in [0.05, 0.1) is 11.7 Å². The maximum absolute atomic E-state index is 13.1. The van der Waals surface area contributed by atoms with Gasteiger partial charge in [-0.15, -0.1) is 0 Å². The van der Waals surface area contributed by atoms with Gasteiger partial charge in [-0.25, -0.2) is 0 Å². The van der Waals surface area contributed by atoms with Gasteiger partial charge in [0.1, 0.15) is 6.29 Å². The summed E-state index contributed by atoms with van der Waals surface area (Å²) in [6.07, 6.45) is 14.4. The number of hydrogen-bond acceptors (Lipinski definition) is 3. The van der Waals surface area contributed by atoms with Crippen LogP contribution in [0.3, 0.4) is 0 Å². The molecule has 2 N–H and O–H groups in total. The molecule has 0 aliphatic heterocycles. The average molecular weight is 471 g/mol. The summed E-state index contributed by atoms with van der Waals surface area (Å²) in [6.45, 7) is 17.8. The zero-order chi connectivity index (χ0) is 25.3. The molecule has 34 heavy (non-hydrogen) atoms. The minimum atomic E-state index is -0.791. The van der Waals surface area contributed by atoms with Gasteiger partial charge in [0.25, 0.3) is 0 Å². The summed E-state index contributed by atoms with van der Waals surface area (Å²) < 4.78 is 0. The lowest BCUT2D eigenvalue weighted by Crippen LogP contribution is -2.62. The number of aliphatic hydroxyl groups is 2. The first-order valence-electron chi connectivity index (χ1n) is 13.9. The molecule has 4 aliphatic rings. The number of hydrogen-bond donors (Lipinski definition) is 2. The fourth-order valence-electron chi connectivity index (χ4n) is 9.56. The molecule has 3 fully saturated rings. The van der Waals surface area contributed by atoms with E-state index in [0.717, 1.165) is 32.1 Å². The van der Waals surface area contributed by atoms with Gasteiger partial charge in [-0.1, -0.05) is 65.3 Å². The molecule has 0 heterocycles. The van der Waals surface area contributed by atoms with Crippen LogP contribution in [0, 0.1) is 51.2 Å². The summed E-state index contributed by atoms with van der Waals surface area (Å²) >= 11 is 0. The predicted molar refractivity (Wildman–Crippen MR) is 139 cm³/mol. The van der Waals surface area contributed by atoms with Crippen LogP contribution in [0.2, 0.25) is 0 Å². The van der Waals surface area contributed by atoms with Crippen LogP contribution in [-0.2, 0) is 4.79 Å². The highest BCUT2D eigenvalue weighted by Gasteiger charge is 2.69. The van der Waals surface area contributed by atoms with Crippen LogP contribution in [0.5, 0.6) is 0 Å². The lowest BCUT2D eigenvalue weighted by atomic mass is 9.39. The standard InChI is InChI=1S/C31H50O3/c1-20(10-9-14-27(3,4)34)22-13-17-31(19-32)26-23(12-16-30(22,31)8)29(7)15-11-21(2)28(5,6)25(29)18-24(26)33/h9,14,18-24,26,33-34H,10-13,15-17H2,1-8H3. The fourth-order valence-corrected chi connectivity index (χ4v) is 9.56. The normalized spacial score (nSPS) is 46.9. The van der Waals surface area contributed by atoms with E-state index in [9.17, 15) is 15.0 Å². The molecule has 0 saturated heterocycles. The number of aliphatic hydroxyl groups excluding tert-OH is 1. The van der Waals surface area contributed by atoms with Crippen LogP contribution in [0.25, 0.3) is 0 Å². The van der Waals surface area contributed by atoms with E-state index in [0.29, 0.717) is 23.7 Å². The molecule has 0 aromatic rings. The van der Waals surface area contributed by atoms with Gasteiger partial charge < -0.3 is 15.0 Å². The SMILES string of the molecule is CC(CC=CC(C)(C)O)C1CCC2(C=O)C3C(O)C=C4C(C)(C)C(C)CCC4(C)C3CCC12C. The van der Waals surface area contributed by atoms with Crippen molar-refractivity contribution < 1.29 is 15.0 Å². The molecule has 9 unspecified atom stereocenters. The molecule has 192 valence electrons. The van der Waals surface area contributed by atoms with E-state index in [1.165, 1.54) is 24.7 Å². The Morgan fingerprint density at radius 3 is 2.41 bits per heavy atom. The Morgan fingerprint density at radius 1 is 1.12 bits per heavy atom. The quantitative estimate of drug-likeness (QED) is 0.346. The van der Waals surface area contributed by atoms with Crippen LogP contribution in [-0.4, -0.2) is 28.2 Å². The lowest BCUT2D eigenvalue weighted by molar-refractivity contribution is -0.166. The van der Waals surface area contributed by atoms with Crippen molar-refractivity contribution in [1.29, 1.82) is 0 Å². The number of allylic oxidation sites excluding steroid dienone is 2. The predicted octanol–water partition coefficient (Wildman–Crippen LogP) is 6.73. The van der Waals surface area contributed by atoms with Crippen LogP contribution < -0.4 is 0 Å². The summed E-state index contributed by atoms with van der Waals surface area (Å²) in [7, 11) is 0. The molecule has 0 aromatic carbocycles. The molecule has 4 rings (SSSR count). The zero-order valence-electron chi connectivity index (χ0n) is 23.0. The van der Waals surface area contributed by atoms with E-state index in [1.807, 2.05) is 19.9 Å². The smallest absolute Gasteiger partial charge is 0.127 e. The van der Waals surface area contributed by atoms with Crippen molar-refractivity contribution in [3.8, 4) is 0 Å². The highest BCUT2D eigenvalue weighted by Crippen LogP contribution is 2.73. The second kappa shape index (κ2) is 8.30. The average Bonchev–Trinajstić information content (AvgIpc) is 3.05. The molecular formula is C31H50O3. The Bertz CT molecular complexity index is 862. The maximum atomic E-state index is 13.1. The van der Waals surface area contributed by atoms with Crippen LogP contribution >= 0.6 is 0 Å². The third-order valence-electron chi connectivity index (χ3n) is 11.8. The molecule has 0 amide bonds. The Balaban J connectivity index is 1.70. The van der Waals surface area contributed by atoms with E-state index < -0.39 is 17.1 Å². The van der Waals surface area contributed by atoms with E-state index in [-0.39, 0.29) is 22.2 Å². The first kappa shape index (κ1) is 26.1. The fraction of sp³-hybridized carbons (Fsp3) is 0.839. The van der Waals surface area contributed by atoms with Crippen molar-refractivity contribution in [2.75, 3.05) is 0 Å². The maximum Gasteiger partial charge on any atom is 0.127 e. The first-order chi connectivity index (χ1) is 15.6. The van der Waals surface area contributed by atoms with E-state index in [4.69, 9.17) is 0 Å². The molecule has 0 bridgehead atoms. The molecule has 9 atom stereocenters. The third kappa shape index (κ3) is 3.62. The van der Waals surface area contributed by atoms with E-state index in [2.05, 4.69) is 53.7 Å². The van der Waals surface area contributed by atoms with Crippen molar-refractivity contribution >= 4 is 6.29 Å². The first-order valence-corrected chi connectivity index (χ1v) is 13.9. The van der Waals surface area contributed by atoms with Crippen molar-refractivity contribution in [3.05, 3.63) is 23.8 Å². The Hall–Kier alpha value is -0.930. The molecular weight excluding hydrogens is 420 g/mol. The lowest BCUT2D eigenvalue weighted by Gasteiger charge is -2.65. The number of carbonyl (C=O) groups excluding carboxylic acids is 1. The molecule has 3 nitrogen and oxygen atoms in total. The van der Waals surface area contributed by atoms with Gasteiger partial charge in [0.15, 0.2) is 0 Å². The molecule has 0 spiro atoms. The molecule has 3 saturated carbocycles. The second-order valence-electron chi connectivity index (χ2n) is 14.3. The molecule has 3 heteroatoms. The van der Waals surface area contributed by atoms with Gasteiger partial charge in [-0.05, 0) is 98.7 Å². The van der Waals surface area contributed by atoms with Crippen LogP contribution in [0.1, 0.15) is 100 Å². The molecule has 0 aromatic heterocycles. The summed E-state index contributed by atoms with van der Waals surface area (Å²) in [4.78, 5) is 13.1. The summed E-state index contributed by atoms with van der Waals surface area (Å²) in [6, 6.07) is 0. The van der Waals surface area contributed by atoms with Crippen molar-refractivity contribution in [3.63, 3.8) is 0 Å². The highest BCUT2D eigenvalue weighted by atomic mass is 16.3. The zero-order valence-corrected chi connectivity index (χ0v) is 23.0. The third-order valence-corrected chi connectivity index (χ3v) is 11.8.